The van der Waals surface area contributed by atoms with Gasteiger partial charge in [-0.25, -0.2) is 0 Å². The van der Waals surface area contributed by atoms with Gasteiger partial charge in [-0.1, -0.05) is 182 Å². The van der Waals surface area contributed by atoms with Crippen LogP contribution in [-0.2, 0) is 10.8 Å². The van der Waals surface area contributed by atoms with Gasteiger partial charge in [0, 0.05) is 44.9 Å². The molecule has 2 spiro atoms. The van der Waals surface area contributed by atoms with E-state index in [9.17, 15) is 0 Å². The summed E-state index contributed by atoms with van der Waals surface area (Å²) >= 11 is 0. The fraction of sp³-hybridized carbons (Fsp3) is 0.0667. The molecular formula is C60H37NO. The van der Waals surface area contributed by atoms with E-state index in [0.29, 0.717) is 0 Å². The molecule has 9 aromatic carbocycles. The number of nitrogens with zero attached hydrogens (tertiary/aromatic N) is 1. The van der Waals surface area contributed by atoms with Gasteiger partial charge in [0.25, 0.3) is 0 Å². The molecule has 0 N–H and O–H groups in total. The summed E-state index contributed by atoms with van der Waals surface area (Å²) in [6.07, 6.45) is 5.10. The highest BCUT2D eigenvalue weighted by atomic mass is 16.3. The van der Waals surface area contributed by atoms with Crippen LogP contribution in [0.25, 0.3) is 66.5 Å². The van der Waals surface area contributed by atoms with Crippen LogP contribution in [0.2, 0.25) is 0 Å². The zero-order chi connectivity index (χ0) is 40.3. The average Bonchev–Trinajstić information content (AvgIpc) is 4.06. The Kier molecular flexibility index (Phi) is 6.17. The molecule has 0 saturated heterocycles. The summed E-state index contributed by atoms with van der Waals surface area (Å²) in [5.74, 6) is 0.152. The summed E-state index contributed by atoms with van der Waals surface area (Å²) in [6, 6.07) is 75.5. The van der Waals surface area contributed by atoms with Crippen molar-refractivity contribution in [3.8, 4) is 16.8 Å². The van der Waals surface area contributed by atoms with Gasteiger partial charge in [0.2, 0.25) is 0 Å². The summed E-state index contributed by atoms with van der Waals surface area (Å²) in [7, 11) is 0. The molecule has 2 aromatic heterocycles. The SMILES string of the molecule is C1=CC2C(c3ccccc3C23c2ccccc2C2(c4ccccc4-c4ccccc42)c2ccccc23)c2c1c1c3ccccc3ccc1n2-c1ccc2oc3ccccc3c2c1. The number of hydrogen-bond donors (Lipinski definition) is 0. The van der Waals surface area contributed by atoms with Gasteiger partial charge < -0.3 is 8.98 Å². The van der Waals surface area contributed by atoms with E-state index >= 15 is 0 Å². The molecule has 62 heavy (non-hydrogen) atoms. The topological polar surface area (TPSA) is 18.1 Å². The van der Waals surface area contributed by atoms with Crippen molar-refractivity contribution in [2.45, 2.75) is 16.7 Å². The first-order chi connectivity index (χ1) is 30.8. The second-order valence-corrected chi connectivity index (χ2v) is 17.8. The number of rotatable bonds is 1. The number of benzene rings is 9. The van der Waals surface area contributed by atoms with Crippen LogP contribution in [0.5, 0.6) is 0 Å². The molecule has 2 unspecified atom stereocenters. The Morgan fingerprint density at radius 3 is 1.77 bits per heavy atom. The maximum absolute atomic E-state index is 6.40. The fourth-order valence-electron chi connectivity index (χ4n) is 13.3. The summed E-state index contributed by atoms with van der Waals surface area (Å²) in [5, 5.41) is 6.13. The lowest BCUT2D eigenvalue weighted by atomic mass is 9.50. The molecule has 288 valence electrons. The van der Waals surface area contributed by atoms with Gasteiger partial charge in [0.15, 0.2) is 0 Å². The van der Waals surface area contributed by atoms with E-state index in [4.69, 9.17) is 4.42 Å². The van der Waals surface area contributed by atoms with Crippen molar-refractivity contribution >= 4 is 49.7 Å². The number of para-hydroxylation sites is 1. The highest BCUT2D eigenvalue weighted by molar-refractivity contribution is 6.13. The minimum Gasteiger partial charge on any atom is -0.456 e. The first kappa shape index (κ1) is 33.1. The van der Waals surface area contributed by atoms with Crippen molar-refractivity contribution in [2.24, 2.45) is 5.92 Å². The van der Waals surface area contributed by atoms with E-state index in [-0.39, 0.29) is 11.8 Å². The third-order valence-electron chi connectivity index (χ3n) is 15.4. The predicted molar refractivity (Wildman–Crippen MR) is 252 cm³/mol. The standard InChI is InChI=1S/C60H37NO/c1-2-16-38-36(15-1)29-33-53-56(38)43-31-32-52-57(58(43)61(53)37-30-34-55-44(35-37)41-19-6-14-28-54(41)62-55)42-20-5-9-23-47(42)60(52)50-26-12-10-24-48(50)59(49-25-11-13-27-51(49)60)45-21-7-3-17-39(45)40-18-4-8-22-46(40)59/h1-35,52,57H. The van der Waals surface area contributed by atoms with Crippen molar-refractivity contribution in [2.75, 3.05) is 0 Å². The first-order valence-electron chi connectivity index (χ1n) is 21.9. The smallest absolute Gasteiger partial charge is 0.135 e. The Morgan fingerprint density at radius 2 is 1.03 bits per heavy atom. The molecule has 4 aliphatic rings. The number of furan rings is 1. The van der Waals surface area contributed by atoms with Gasteiger partial charge in [-0.05, 0) is 96.7 Å². The second-order valence-electron chi connectivity index (χ2n) is 17.8. The second kappa shape index (κ2) is 11.6. The van der Waals surface area contributed by atoms with E-state index in [2.05, 4.69) is 217 Å². The van der Waals surface area contributed by atoms with Gasteiger partial charge in [0.1, 0.15) is 11.2 Å². The highest BCUT2D eigenvalue weighted by Crippen LogP contribution is 2.70. The minimum atomic E-state index is -0.464. The molecule has 0 aliphatic heterocycles. The zero-order valence-corrected chi connectivity index (χ0v) is 33.7. The van der Waals surface area contributed by atoms with Crippen LogP contribution in [0.1, 0.15) is 61.7 Å². The Hall–Kier alpha value is -7.68. The van der Waals surface area contributed by atoms with Gasteiger partial charge >= 0.3 is 0 Å². The van der Waals surface area contributed by atoms with E-state index in [1.165, 1.54) is 88.6 Å². The summed E-state index contributed by atoms with van der Waals surface area (Å²) < 4.78 is 9.02. The van der Waals surface area contributed by atoms with Crippen molar-refractivity contribution < 1.29 is 4.42 Å². The molecule has 2 nitrogen and oxygen atoms in total. The maximum atomic E-state index is 6.40. The first-order valence-corrected chi connectivity index (χ1v) is 21.9. The molecule has 0 amide bonds. The van der Waals surface area contributed by atoms with E-state index in [1.54, 1.807) is 0 Å². The van der Waals surface area contributed by atoms with E-state index in [1.807, 2.05) is 0 Å². The lowest BCUT2D eigenvalue weighted by Crippen LogP contribution is -2.46. The monoisotopic (exact) mass is 787 g/mol. The Morgan fingerprint density at radius 1 is 0.452 bits per heavy atom. The van der Waals surface area contributed by atoms with Crippen molar-refractivity contribution in [3.05, 3.63) is 262 Å². The third-order valence-corrected chi connectivity index (χ3v) is 15.4. The van der Waals surface area contributed by atoms with Crippen molar-refractivity contribution in [1.82, 2.24) is 4.57 Å². The van der Waals surface area contributed by atoms with Crippen LogP contribution in [0, 0.1) is 5.92 Å². The molecule has 0 bridgehead atoms. The number of fused-ring (bicyclic) bond motifs is 25. The summed E-state index contributed by atoms with van der Waals surface area (Å²) in [6.45, 7) is 0. The number of aromatic nitrogens is 1. The van der Waals surface area contributed by atoms with Gasteiger partial charge in [-0.2, -0.15) is 0 Å². The average molecular weight is 788 g/mol. The lowest BCUT2D eigenvalue weighted by molar-refractivity contribution is 0.422. The molecule has 2 atom stereocenters. The molecular weight excluding hydrogens is 751 g/mol. The molecule has 11 aromatic rings. The van der Waals surface area contributed by atoms with E-state index in [0.717, 1.165) is 27.6 Å². The summed E-state index contributed by atoms with van der Waals surface area (Å²) in [4.78, 5) is 0. The van der Waals surface area contributed by atoms with Gasteiger partial charge in [-0.15, -0.1) is 0 Å². The highest BCUT2D eigenvalue weighted by Gasteiger charge is 2.63. The number of allylic oxidation sites excluding steroid dienone is 1. The summed E-state index contributed by atoms with van der Waals surface area (Å²) in [5.41, 5.74) is 19.7. The minimum absolute atomic E-state index is 0.0625. The Bertz CT molecular complexity index is 3700. The van der Waals surface area contributed by atoms with Crippen molar-refractivity contribution in [3.63, 3.8) is 0 Å². The van der Waals surface area contributed by atoms with Crippen LogP contribution >= 0.6 is 0 Å². The third kappa shape index (κ3) is 3.73. The van der Waals surface area contributed by atoms with Crippen LogP contribution in [0.4, 0.5) is 0 Å². The molecule has 2 heterocycles. The van der Waals surface area contributed by atoms with Gasteiger partial charge in [0.05, 0.1) is 16.3 Å². The Balaban J connectivity index is 1.07. The molecule has 15 rings (SSSR count). The fourth-order valence-corrected chi connectivity index (χ4v) is 13.3. The lowest BCUT2D eigenvalue weighted by Gasteiger charge is -2.51. The van der Waals surface area contributed by atoms with Gasteiger partial charge in [-0.3, -0.25) is 0 Å². The molecule has 0 radical (unpaired) electrons. The maximum Gasteiger partial charge on any atom is 0.135 e. The van der Waals surface area contributed by atoms with Crippen LogP contribution < -0.4 is 0 Å². The zero-order valence-electron chi connectivity index (χ0n) is 33.7. The molecule has 2 heteroatoms. The Labute approximate surface area is 358 Å². The largest absolute Gasteiger partial charge is 0.456 e. The van der Waals surface area contributed by atoms with Crippen LogP contribution in [0.3, 0.4) is 0 Å². The molecule has 4 aliphatic carbocycles. The van der Waals surface area contributed by atoms with E-state index < -0.39 is 10.8 Å². The normalized spacial score (nSPS) is 17.9. The van der Waals surface area contributed by atoms with Crippen LogP contribution in [0.15, 0.2) is 211 Å². The molecule has 0 fully saturated rings. The molecule has 0 saturated carbocycles. The number of hydrogen-bond acceptors (Lipinski definition) is 1. The predicted octanol–water partition coefficient (Wildman–Crippen LogP) is 14.5. The van der Waals surface area contributed by atoms with Crippen molar-refractivity contribution in [1.29, 1.82) is 0 Å². The quantitative estimate of drug-likeness (QED) is 0.162. The van der Waals surface area contributed by atoms with Crippen LogP contribution in [-0.4, -0.2) is 4.57 Å².